The summed E-state index contributed by atoms with van der Waals surface area (Å²) in [4.78, 5) is 34.4. The van der Waals surface area contributed by atoms with Gasteiger partial charge < -0.3 is 15.3 Å². The number of hydrogen-bond donors (Lipinski definition) is 2. The predicted molar refractivity (Wildman–Crippen MR) is 129 cm³/mol. The average molecular weight is 457 g/mol. The molecule has 1 aliphatic rings. The van der Waals surface area contributed by atoms with Crippen molar-refractivity contribution in [3.05, 3.63) is 46.9 Å². The van der Waals surface area contributed by atoms with E-state index in [1.807, 2.05) is 49.0 Å². The van der Waals surface area contributed by atoms with Gasteiger partial charge in [0.25, 0.3) is 0 Å². The van der Waals surface area contributed by atoms with E-state index in [0.717, 1.165) is 35.4 Å². The van der Waals surface area contributed by atoms with Gasteiger partial charge in [-0.1, -0.05) is 26.8 Å². The first-order valence-electron chi connectivity index (χ1n) is 10.8. The van der Waals surface area contributed by atoms with Crippen LogP contribution < -0.4 is 10.2 Å². The Morgan fingerprint density at radius 1 is 1.16 bits per heavy atom. The van der Waals surface area contributed by atoms with Crippen LogP contribution in [-0.2, 0) is 28.2 Å². The van der Waals surface area contributed by atoms with Crippen molar-refractivity contribution in [1.29, 1.82) is 0 Å². The molecule has 2 aromatic rings. The summed E-state index contributed by atoms with van der Waals surface area (Å²) >= 11 is 1.84. The lowest BCUT2D eigenvalue weighted by atomic mass is 10.0. The molecule has 32 heavy (non-hydrogen) atoms. The fourth-order valence-electron chi connectivity index (χ4n) is 3.16. The minimum Gasteiger partial charge on any atom is -0.481 e. The Bertz CT molecular complexity index is 997. The van der Waals surface area contributed by atoms with E-state index < -0.39 is 5.97 Å². The molecule has 1 amide bonds. The average Bonchev–Trinajstić information content (AvgIpc) is 3.52. The fraction of sp³-hybridized carbons (Fsp3) is 0.500. The molecule has 8 heteroatoms. The normalized spacial score (nSPS) is 13.7. The first-order valence-corrected chi connectivity index (χ1v) is 11.8. The predicted octanol–water partition coefficient (Wildman–Crippen LogP) is 4.14. The Labute approximate surface area is 194 Å². The second kappa shape index (κ2) is 9.90. The lowest BCUT2D eigenvalue weighted by Gasteiger charge is -2.20. The number of amides is 1. The maximum atomic E-state index is 12.2. The van der Waals surface area contributed by atoms with Crippen molar-refractivity contribution in [2.45, 2.75) is 57.0 Å². The monoisotopic (exact) mass is 456 g/mol. The molecule has 0 bridgehead atoms. The van der Waals surface area contributed by atoms with Gasteiger partial charge in [0.1, 0.15) is 11.6 Å². The Balaban J connectivity index is 1.90. The Kier molecular flexibility index (Phi) is 7.44. The number of thioether (sulfide) groups is 1. The molecule has 2 N–H and O–H groups in total. The topological polar surface area (TPSA) is 95.4 Å². The van der Waals surface area contributed by atoms with Crippen molar-refractivity contribution in [1.82, 2.24) is 9.97 Å². The van der Waals surface area contributed by atoms with Gasteiger partial charge in [0.2, 0.25) is 5.91 Å². The number of benzene rings is 1. The SMILES string of the molecule is CN(C)c1cc(CC(=O)O)nc(Cc2ccc(NC(=O)C3CC3)cc2CSC(C)(C)C)n1. The van der Waals surface area contributed by atoms with Gasteiger partial charge in [0.05, 0.1) is 12.1 Å². The highest BCUT2D eigenvalue weighted by Crippen LogP contribution is 2.32. The molecule has 1 aliphatic carbocycles. The van der Waals surface area contributed by atoms with Crippen LogP contribution in [0.4, 0.5) is 11.5 Å². The zero-order chi connectivity index (χ0) is 23.5. The van der Waals surface area contributed by atoms with E-state index in [9.17, 15) is 14.7 Å². The molecule has 1 aromatic carbocycles. The smallest absolute Gasteiger partial charge is 0.309 e. The molecule has 0 unspecified atom stereocenters. The third-order valence-corrected chi connectivity index (χ3v) is 6.36. The summed E-state index contributed by atoms with van der Waals surface area (Å²) in [5.74, 6) is 1.39. The summed E-state index contributed by atoms with van der Waals surface area (Å²) in [5.41, 5.74) is 3.50. The van der Waals surface area contributed by atoms with E-state index in [0.29, 0.717) is 23.8 Å². The van der Waals surface area contributed by atoms with Crippen LogP contribution in [0.25, 0.3) is 0 Å². The van der Waals surface area contributed by atoms with E-state index >= 15 is 0 Å². The van der Waals surface area contributed by atoms with E-state index in [1.165, 1.54) is 0 Å². The van der Waals surface area contributed by atoms with Crippen LogP contribution >= 0.6 is 11.8 Å². The van der Waals surface area contributed by atoms with Crippen molar-refractivity contribution in [2.24, 2.45) is 5.92 Å². The number of carboxylic acids is 1. The van der Waals surface area contributed by atoms with Gasteiger partial charge in [0, 0.05) is 48.7 Å². The molecule has 0 spiro atoms. The van der Waals surface area contributed by atoms with Gasteiger partial charge in [-0.15, -0.1) is 0 Å². The zero-order valence-corrected chi connectivity index (χ0v) is 20.3. The Morgan fingerprint density at radius 3 is 2.47 bits per heavy atom. The number of aromatic nitrogens is 2. The van der Waals surface area contributed by atoms with E-state index in [1.54, 1.807) is 6.07 Å². The number of aliphatic carboxylic acids is 1. The van der Waals surface area contributed by atoms with E-state index in [4.69, 9.17) is 0 Å². The van der Waals surface area contributed by atoms with Gasteiger partial charge >= 0.3 is 5.97 Å². The highest BCUT2D eigenvalue weighted by molar-refractivity contribution is 7.99. The highest BCUT2D eigenvalue weighted by Gasteiger charge is 2.29. The molecule has 7 nitrogen and oxygen atoms in total. The number of rotatable bonds is 9. The summed E-state index contributed by atoms with van der Waals surface area (Å²) < 4.78 is 0.0977. The Morgan fingerprint density at radius 2 is 1.88 bits per heavy atom. The number of carboxylic acid groups (broad SMARTS) is 1. The fourth-order valence-corrected chi connectivity index (χ4v) is 4.01. The van der Waals surface area contributed by atoms with Crippen molar-refractivity contribution in [3.63, 3.8) is 0 Å². The quantitative estimate of drug-likeness (QED) is 0.585. The summed E-state index contributed by atoms with van der Waals surface area (Å²) in [6.07, 6.45) is 2.28. The number of nitrogens with zero attached hydrogens (tertiary/aromatic N) is 3. The van der Waals surface area contributed by atoms with Gasteiger partial charge in [-0.2, -0.15) is 11.8 Å². The summed E-state index contributed by atoms with van der Waals surface area (Å²) in [6, 6.07) is 7.70. The first-order chi connectivity index (χ1) is 15.0. The first kappa shape index (κ1) is 24.0. The number of carbonyl (C=O) groups is 2. The minimum absolute atomic E-state index is 0.0903. The number of nitrogens with one attached hydrogen (secondary N) is 1. The number of carbonyl (C=O) groups excluding carboxylic acids is 1. The molecule has 3 rings (SSSR count). The lowest BCUT2D eigenvalue weighted by molar-refractivity contribution is -0.136. The largest absolute Gasteiger partial charge is 0.481 e. The number of anilines is 2. The third kappa shape index (κ3) is 7.22. The molecule has 0 radical (unpaired) electrons. The molecule has 1 aromatic heterocycles. The number of hydrogen-bond acceptors (Lipinski definition) is 6. The maximum absolute atomic E-state index is 12.2. The zero-order valence-electron chi connectivity index (χ0n) is 19.4. The standard InChI is InChI=1S/C24H32N4O3S/c1-24(2,3)32-14-17-10-18(26-23(31)15-6-7-15)9-8-16(17)11-20-25-19(13-22(29)30)12-21(27-20)28(4)5/h8-10,12,15H,6-7,11,13-14H2,1-5H3,(H,26,31)(H,29,30). The van der Waals surface area contributed by atoms with Gasteiger partial charge in [-0.25, -0.2) is 9.97 Å². The molecular formula is C24H32N4O3S. The molecule has 1 heterocycles. The van der Waals surface area contributed by atoms with Crippen molar-refractivity contribution in [3.8, 4) is 0 Å². The van der Waals surface area contributed by atoms with Gasteiger partial charge in [0.15, 0.2) is 0 Å². The lowest BCUT2D eigenvalue weighted by Crippen LogP contribution is -2.16. The summed E-state index contributed by atoms with van der Waals surface area (Å²) in [5, 5.41) is 12.2. The van der Waals surface area contributed by atoms with Gasteiger partial charge in [-0.3, -0.25) is 9.59 Å². The second-order valence-electron chi connectivity index (χ2n) is 9.42. The van der Waals surface area contributed by atoms with Crippen molar-refractivity contribution in [2.75, 3.05) is 24.3 Å². The molecular weight excluding hydrogens is 424 g/mol. The van der Waals surface area contributed by atoms with Crippen LogP contribution in [-0.4, -0.2) is 45.8 Å². The molecule has 0 saturated heterocycles. The van der Waals surface area contributed by atoms with Crippen molar-refractivity contribution < 1.29 is 14.7 Å². The molecule has 1 fully saturated rings. The Hall–Kier alpha value is -2.61. The van der Waals surface area contributed by atoms with Crippen LogP contribution in [0.1, 0.15) is 56.3 Å². The van der Waals surface area contributed by atoms with Crippen LogP contribution in [0.15, 0.2) is 24.3 Å². The molecule has 0 aliphatic heterocycles. The van der Waals surface area contributed by atoms with Crippen LogP contribution in [0, 0.1) is 5.92 Å². The summed E-state index contributed by atoms with van der Waals surface area (Å²) in [7, 11) is 3.75. The minimum atomic E-state index is -0.919. The third-order valence-electron chi connectivity index (χ3n) is 5.03. The summed E-state index contributed by atoms with van der Waals surface area (Å²) in [6.45, 7) is 6.54. The van der Waals surface area contributed by atoms with Crippen LogP contribution in [0.2, 0.25) is 0 Å². The van der Waals surface area contributed by atoms with E-state index in [2.05, 4.69) is 36.1 Å². The van der Waals surface area contributed by atoms with Gasteiger partial charge in [-0.05, 0) is 36.1 Å². The molecule has 172 valence electrons. The van der Waals surface area contributed by atoms with E-state index in [-0.39, 0.29) is 23.0 Å². The molecule has 1 saturated carbocycles. The second-order valence-corrected chi connectivity index (χ2v) is 11.2. The molecule has 0 atom stereocenters. The maximum Gasteiger partial charge on any atom is 0.309 e. The van der Waals surface area contributed by atoms with Crippen LogP contribution in [0.5, 0.6) is 0 Å². The van der Waals surface area contributed by atoms with Crippen molar-refractivity contribution >= 4 is 35.1 Å². The van der Waals surface area contributed by atoms with Crippen LogP contribution in [0.3, 0.4) is 0 Å². The highest BCUT2D eigenvalue weighted by atomic mass is 32.2.